The molecule has 1 atom stereocenters. The number of carboxylic acid groups (broad SMARTS) is 1. The zero-order valence-corrected chi connectivity index (χ0v) is 13.9. The molecule has 5 heteroatoms. The van der Waals surface area contributed by atoms with Crippen LogP contribution in [0.3, 0.4) is 0 Å². The van der Waals surface area contributed by atoms with E-state index >= 15 is 0 Å². The van der Waals surface area contributed by atoms with Gasteiger partial charge in [-0.15, -0.1) is 0 Å². The fourth-order valence-electron chi connectivity index (χ4n) is 2.00. The van der Waals surface area contributed by atoms with Crippen LogP contribution < -0.4 is 15.2 Å². The summed E-state index contributed by atoms with van der Waals surface area (Å²) in [5, 5.41) is 23.1. The third kappa shape index (κ3) is 7.63. The van der Waals surface area contributed by atoms with Crippen LogP contribution >= 0.6 is 0 Å². The van der Waals surface area contributed by atoms with Crippen LogP contribution in [0, 0.1) is 0 Å². The Labute approximate surface area is 136 Å². The van der Waals surface area contributed by atoms with Gasteiger partial charge in [0, 0.05) is 11.4 Å². The minimum atomic E-state index is -1.08. The number of quaternary nitrogens is 1. The summed E-state index contributed by atoms with van der Waals surface area (Å²) in [6, 6.07) is 14.6. The molecule has 0 bridgehead atoms. The lowest BCUT2D eigenvalue weighted by Gasteiger charge is -2.14. The highest BCUT2D eigenvalue weighted by molar-refractivity contribution is 5.88. The molecule has 1 unspecified atom stereocenters. The molecule has 0 heterocycles. The van der Waals surface area contributed by atoms with Crippen molar-refractivity contribution in [3.63, 3.8) is 0 Å². The topological polar surface area (TPSA) is 86.2 Å². The van der Waals surface area contributed by atoms with Crippen LogP contribution in [0.5, 0.6) is 5.75 Å². The van der Waals surface area contributed by atoms with Crippen molar-refractivity contribution in [3.8, 4) is 5.75 Å². The SMILES string of the molecule is CC(=O)[O-].CC(C)[NH2+]CC(O)COc1cccc2ccccc12. The van der Waals surface area contributed by atoms with Gasteiger partial charge in [-0.3, -0.25) is 0 Å². The normalized spacial score (nSPS) is 11.7. The van der Waals surface area contributed by atoms with E-state index in [2.05, 4.69) is 31.3 Å². The highest BCUT2D eigenvalue weighted by Gasteiger charge is 2.09. The van der Waals surface area contributed by atoms with Gasteiger partial charge >= 0.3 is 0 Å². The number of carbonyl (C=O) groups is 1. The summed E-state index contributed by atoms with van der Waals surface area (Å²) in [5.41, 5.74) is 0. The van der Waals surface area contributed by atoms with Crippen molar-refractivity contribution in [1.29, 1.82) is 0 Å². The standard InChI is InChI=1S/C16H21NO2.C2H4O2/c1-12(2)17-10-14(18)11-19-16-9-5-7-13-6-3-4-8-15(13)16;1-2(3)4/h3-9,12,14,17-18H,10-11H2,1-2H3;1H3,(H,3,4). The third-order valence-corrected chi connectivity index (χ3v) is 3.06. The lowest BCUT2D eigenvalue weighted by molar-refractivity contribution is -0.688. The quantitative estimate of drug-likeness (QED) is 0.802. The third-order valence-electron chi connectivity index (χ3n) is 3.06. The van der Waals surface area contributed by atoms with Crippen molar-refractivity contribution in [1.82, 2.24) is 0 Å². The van der Waals surface area contributed by atoms with Gasteiger partial charge in [-0.1, -0.05) is 36.4 Å². The van der Waals surface area contributed by atoms with E-state index in [0.29, 0.717) is 19.2 Å². The van der Waals surface area contributed by atoms with Crippen LogP contribution in [0.4, 0.5) is 0 Å². The molecule has 0 aliphatic rings. The van der Waals surface area contributed by atoms with Gasteiger partial charge in [0.15, 0.2) is 0 Å². The molecule has 0 aromatic heterocycles. The first kappa shape index (κ1) is 18.9. The molecule has 0 aliphatic heterocycles. The largest absolute Gasteiger partial charge is 0.550 e. The molecule has 0 saturated heterocycles. The maximum absolute atomic E-state index is 9.88. The minimum absolute atomic E-state index is 0.331. The summed E-state index contributed by atoms with van der Waals surface area (Å²) in [4.78, 5) is 8.89. The first-order valence-electron chi connectivity index (χ1n) is 7.69. The molecule has 126 valence electrons. The lowest BCUT2D eigenvalue weighted by Crippen LogP contribution is -2.90. The Hall–Kier alpha value is -2.11. The second-order valence-electron chi connectivity index (χ2n) is 5.65. The van der Waals surface area contributed by atoms with E-state index in [0.717, 1.165) is 23.4 Å². The Morgan fingerprint density at radius 2 is 1.83 bits per heavy atom. The van der Waals surface area contributed by atoms with E-state index in [9.17, 15) is 5.11 Å². The zero-order chi connectivity index (χ0) is 17.2. The molecular formula is C18H25NO4. The van der Waals surface area contributed by atoms with Crippen LogP contribution in [0.2, 0.25) is 0 Å². The summed E-state index contributed by atoms with van der Waals surface area (Å²) in [7, 11) is 0. The summed E-state index contributed by atoms with van der Waals surface area (Å²) in [6.45, 7) is 6.19. The van der Waals surface area contributed by atoms with E-state index in [1.807, 2.05) is 30.3 Å². The van der Waals surface area contributed by atoms with Crippen LogP contribution in [0.15, 0.2) is 42.5 Å². The number of aliphatic hydroxyl groups excluding tert-OH is 1. The minimum Gasteiger partial charge on any atom is -0.550 e. The van der Waals surface area contributed by atoms with Crippen LogP contribution in [0.1, 0.15) is 20.8 Å². The number of aliphatic hydroxyl groups is 1. The van der Waals surface area contributed by atoms with Gasteiger partial charge in [-0.05, 0) is 32.2 Å². The Bertz CT molecular complexity index is 603. The highest BCUT2D eigenvalue weighted by Crippen LogP contribution is 2.25. The van der Waals surface area contributed by atoms with Crippen LogP contribution in [0.25, 0.3) is 10.8 Å². The summed E-state index contributed by atoms with van der Waals surface area (Å²) < 4.78 is 5.74. The molecule has 0 saturated carbocycles. The molecule has 2 rings (SSSR count). The second-order valence-corrected chi connectivity index (χ2v) is 5.65. The van der Waals surface area contributed by atoms with Crippen molar-refractivity contribution in [2.45, 2.75) is 32.9 Å². The lowest BCUT2D eigenvalue weighted by atomic mass is 10.1. The van der Waals surface area contributed by atoms with E-state index in [4.69, 9.17) is 14.6 Å². The maximum atomic E-state index is 9.88. The van der Waals surface area contributed by atoms with E-state index < -0.39 is 12.1 Å². The van der Waals surface area contributed by atoms with Gasteiger partial charge < -0.3 is 25.1 Å². The van der Waals surface area contributed by atoms with Gasteiger partial charge in [-0.2, -0.15) is 0 Å². The van der Waals surface area contributed by atoms with Crippen molar-refractivity contribution >= 4 is 16.7 Å². The highest BCUT2D eigenvalue weighted by atomic mass is 16.5. The van der Waals surface area contributed by atoms with Crippen LogP contribution in [-0.4, -0.2) is 36.4 Å². The number of nitrogens with two attached hydrogens (primary N) is 1. The van der Waals surface area contributed by atoms with E-state index in [1.165, 1.54) is 0 Å². The molecule has 0 spiro atoms. The summed E-state index contributed by atoms with van der Waals surface area (Å²) >= 11 is 0. The van der Waals surface area contributed by atoms with Gasteiger partial charge in [0.2, 0.25) is 0 Å². The molecule has 0 radical (unpaired) electrons. The maximum Gasteiger partial charge on any atom is 0.137 e. The van der Waals surface area contributed by atoms with Crippen molar-refractivity contribution in [2.24, 2.45) is 0 Å². The molecule has 0 fully saturated rings. The monoisotopic (exact) mass is 319 g/mol. The zero-order valence-electron chi connectivity index (χ0n) is 13.9. The number of aliphatic carboxylic acids is 1. The number of carbonyl (C=O) groups excluding carboxylic acids is 1. The number of rotatable bonds is 6. The van der Waals surface area contributed by atoms with Gasteiger partial charge in [0.05, 0.1) is 6.04 Å². The molecule has 23 heavy (non-hydrogen) atoms. The Morgan fingerprint density at radius 1 is 1.22 bits per heavy atom. The van der Waals surface area contributed by atoms with E-state index in [1.54, 1.807) is 0 Å². The number of hydrogen-bond acceptors (Lipinski definition) is 4. The molecular weight excluding hydrogens is 294 g/mol. The number of carboxylic acids is 1. The molecule has 2 aromatic carbocycles. The predicted octanol–water partition coefficient (Wildman–Crippen LogP) is 0.308. The van der Waals surface area contributed by atoms with Crippen molar-refractivity contribution < 1.29 is 25.1 Å². The number of benzene rings is 2. The van der Waals surface area contributed by atoms with Gasteiger partial charge in [0.1, 0.15) is 25.0 Å². The first-order valence-corrected chi connectivity index (χ1v) is 7.69. The number of hydrogen-bond donors (Lipinski definition) is 2. The second kappa shape index (κ2) is 9.82. The average Bonchev–Trinajstić information content (AvgIpc) is 2.50. The average molecular weight is 319 g/mol. The van der Waals surface area contributed by atoms with Gasteiger partial charge in [-0.25, -0.2) is 0 Å². The van der Waals surface area contributed by atoms with Crippen molar-refractivity contribution in [3.05, 3.63) is 42.5 Å². The molecule has 5 nitrogen and oxygen atoms in total. The fraction of sp³-hybridized carbons (Fsp3) is 0.389. The Kier molecular flexibility index (Phi) is 8.08. The van der Waals surface area contributed by atoms with Gasteiger partial charge in [0.25, 0.3) is 0 Å². The number of ether oxygens (including phenoxy) is 1. The smallest absolute Gasteiger partial charge is 0.137 e. The summed E-state index contributed by atoms with van der Waals surface area (Å²) in [6.07, 6.45) is -0.443. The molecule has 0 aliphatic carbocycles. The van der Waals surface area contributed by atoms with E-state index in [-0.39, 0.29) is 0 Å². The Morgan fingerprint density at radius 3 is 2.48 bits per heavy atom. The molecule has 2 aromatic rings. The summed E-state index contributed by atoms with van der Waals surface area (Å²) in [5.74, 6) is -0.248. The van der Waals surface area contributed by atoms with Crippen molar-refractivity contribution in [2.75, 3.05) is 13.2 Å². The van der Waals surface area contributed by atoms with Crippen LogP contribution in [-0.2, 0) is 4.79 Å². The Balaban J connectivity index is 0.000000593. The molecule has 3 N–H and O–H groups in total. The fourth-order valence-corrected chi connectivity index (χ4v) is 2.00. The number of fused-ring (bicyclic) bond motifs is 1. The predicted molar refractivity (Wildman–Crippen MR) is 88.1 cm³/mol. The molecule has 0 amide bonds. The first-order chi connectivity index (χ1) is 10.9.